The zero-order chi connectivity index (χ0) is 23.7. The smallest absolute Gasteiger partial charge is 0.157 e. The van der Waals surface area contributed by atoms with E-state index in [1.165, 1.54) is 83.5 Å². The molecule has 1 aliphatic heterocycles. The van der Waals surface area contributed by atoms with E-state index in [0.29, 0.717) is 25.4 Å². The van der Waals surface area contributed by atoms with Crippen LogP contribution in [0.15, 0.2) is 0 Å². The summed E-state index contributed by atoms with van der Waals surface area (Å²) in [6, 6.07) is 0. The fourth-order valence-corrected chi connectivity index (χ4v) is 5.56. The second kappa shape index (κ2) is 18.1. The number of unbranched alkanes of at least 4 members (excludes halogenated alkanes) is 12. The van der Waals surface area contributed by atoms with Crippen LogP contribution in [0.1, 0.15) is 123 Å². The average Bonchev–Trinajstić information content (AvgIpc) is 2.83. The van der Waals surface area contributed by atoms with Crippen LogP contribution in [0.3, 0.4) is 0 Å². The first-order chi connectivity index (χ1) is 16.2. The molecule has 2 N–H and O–H groups in total. The van der Waals surface area contributed by atoms with Crippen LogP contribution in [0.2, 0.25) is 0 Å². The third-order valence-corrected chi connectivity index (χ3v) is 7.83. The van der Waals surface area contributed by atoms with Gasteiger partial charge in [0.15, 0.2) is 6.17 Å². The van der Waals surface area contributed by atoms with Crippen molar-refractivity contribution < 1.29 is 13.5 Å². The maximum Gasteiger partial charge on any atom is 0.157 e. The van der Waals surface area contributed by atoms with Crippen molar-refractivity contribution >= 4 is 0 Å². The summed E-state index contributed by atoms with van der Waals surface area (Å²) in [6.07, 6.45) is 16.8. The highest BCUT2D eigenvalue weighted by molar-refractivity contribution is 4.95. The molecule has 0 aromatic heterocycles. The Balaban J connectivity index is 1.55. The van der Waals surface area contributed by atoms with E-state index >= 15 is 0 Å². The summed E-state index contributed by atoms with van der Waals surface area (Å²) in [7, 11) is 0. The van der Waals surface area contributed by atoms with Crippen molar-refractivity contribution in [2.45, 2.75) is 148 Å². The third kappa shape index (κ3) is 11.3. The molecular weight excluding hydrogens is 418 g/mol. The molecule has 33 heavy (non-hydrogen) atoms. The van der Waals surface area contributed by atoms with Gasteiger partial charge in [-0.05, 0) is 31.6 Å². The van der Waals surface area contributed by atoms with Crippen LogP contribution >= 0.6 is 0 Å². The molecule has 5 heteroatoms. The zero-order valence-electron chi connectivity index (χ0n) is 21.8. The Bertz CT molecular complexity index is 457. The van der Waals surface area contributed by atoms with E-state index in [0.717, 1.165) is 25.9 Å². The molecule has 2 fully saturated rings. The number of hydrogen-bond acceptors (Lipinski definition) is 3. The first-order valence-corrected chi connectivity index (χ1v) is 14.5. The fraction of sp³-hybridized carbons (Fsp3) is 1.00. The minimum Gasteiger partial charge on any atom is -0.375 e. The monoisotopic (exact) mass is 472 g/mol. The van der Waals surface area contributed by atoms with Crippen LogP contribution in [-0.2, 0) is 4.74 Å². The van der Waals surface area contributed by atoms with Crippen molar-refractivity contribution in [3.05, 3.63) is 0 Å². The van der Waals surface area contributed by atoms with Crippen LogP contribution in [0, 0.1) is 11.8 Å². The Kier molecular flexibility index (Phi) is 15.9. The van der Waals surface area contributed by atoms with Gasteiger partial charge in [-0.25, -0.2) is 8.78 Å². The van der Waals surface area contributed by atoms with E-state index in [1.54, 1.807) is 0 Å². The first kappa shape index (κ1) is 29.0. The highest BCUT2D eigenvalue weighted by Gasteiger charge is 2.44. The van der Waals surface area contributed by atoms with Gasteiger partial charge in [-0.1, -0.05) is 97.3 Å². The molecule has 0 bridgehead atoms. The zero-order valence-corrected chi connectivity index (χ0v) is 21.8. The normalized spacial score (nSPS) is 30.5. The van der Waals surface area contributed by atoms with Crippen molar-refractivity contribution in [3.8, 4) is 0 Å². The lowest BCUT2D eigenvalue weighted by molar-refractivity contribution is -0.0840. The van der Waals surface area contributed by atoms with Gasteiger partial charge in [0, 0.05) is 25.6 Å². The van der Waals surface area contributed by atoms with E-state index in [1.807, 2.05) is 0 Å². The average molecular weight is 473 g/mol. The molecule has 2 aliphatic rings. The highest BCUT2D eigenvalue weighted by Crippen LogP contribution is 2.34. The van der Waals surface area contributed by atoms with Gasteiger partial charge in [-0.15, -0.1) is 0 Å². The summed E-state index contributed by atoms with van der Waals surface area (Å²) in [5.41, 5.74) is 0. The van der Waals surface area contributed by atoms with Crippen molar-refractivity contribution in [1.29, 1.82) is 0 Å². The predicted octanol–water partition coefficient (Wildman–Crippen LogP) is 7.48. The summed E-state index contributed by atoms with van der Waals surface area (Å²) in [5.74, 6) is 0.315. The summed E-state index contributed by atoms with van der Waals surface area (Å²) in [6.45, 7) is 6.89. The molecule has 4 atom stereocenters. The minimum atomic E-state index is -1.50. The van der Waals surface area contributed by atoms with Gasteiger partial charge in [0.1, 0.15) is 6.17 Å². The van der Waals surface area contributed by atoms with E-state index in [2.05, 4.69) is 24.5 Å². The number of alkyl halides is 2. The van der Waals surface area contributed by atoms with Crippen molar-refractivity contribution in [1.82, 2.24) is 10.6 Å². The van der Waals surface area contributed by atoms with Gasteiger partial charge in [0.2, 0.25) is 0 Å². The van der Waals surface area contributed by atoms with E-state index < -0.39 is 18.4 Å². The summed E-state index contributed by atoms with van der Waals surface area (Å²) >= 11 is 0. The highest BCUT2D eigenvalue weighted by atomic mass is 19.2. The standard InChI is InChI=1S/C28H54F2N2O/c1-3-5-7-9-11-13-15-17-23-21-31-28(32-22-23)24-18-19-25(27(30)26(24)29)33-20-16-14-12-10-8-6-4-2/h23-28,31-32H,3-22H2,1-2H3. The topological polar surface area (TPSA) is 33.3 Å². The van der Waals surface area contributed by atoms with Crippen LogP contribution < -0.4 is 10.6 Å². The Morgan fingerprint density at radius 1 is 0.667 bits per heavy atom. The van der Waals surface area contributed by atoms with Crippen LogP contribution in [0.25, 0.3) is 0 Å². The van der Waals surface area contributed by atoms with Gasteiger partial charge in [-0.2, -0.15) is 0 Å². The molecular formula is C28H54F2N2O. The molecule has 4 unspecified atom stereocenters. The molecule has 196 valence electrons. The molecule has 2 rings (SSSR count). The summed E-state index contributed by atoms with van der Waals surface area (Å²) in [5, 5.41) is 6.99. The Morgan fingerprint density at radius 2 is 1.21 bits per heavy atom. The van der Waals surface area contributed by atoms with Crippen LogP contribution in [-0.4, -0.2) is 44.3 Å². The molecule has 0 aromatic rings. The third-order valence-electron chi connectivity index (χ3n) is 7.83. The van der Waals surface area contributed by atoms with Crippen molar-refractivity contribution in [2.24, 2.45) is 11.8 Å². The Hall–Kier alpha value is -0.260. The molecule has 1 saturated carbocycles. The second-order valence-electron chi connectivity index (χ2n) is 10.7. The SMILES string of the molecule is CCCCCCCCCOC1CCC(C2NCC(CCCCCCCCC)CN2)C(F)C1F. The molecule has 0 radical (unpaired) electrons. The maximum absolute atomic E-state index is 15.0. The fourth-order valence-electron chi connectivity index (χ4n) is 5.56. The lowest BCUT2D eigenvalue weighted by Gasteiger charge is -2.42. The van der Waals surface area contributed by atoms with Gasteiger partial charge < -0.3 is 15.4 Å². The quantitative estimate of drug-likeness (QED) is 0.203. The molecule has 1 aliphatic carbocycles. The van der Waals surface area contributed by atoms with Crippen LogP contribution in [0.5, 0.6) is 0 Å². The lowest BCUT2D eigenvalue weighted by Crippen LogP contribution is -2.60. The number of hydrogen-bond donors (Lipinski definition) is 2. The maximum atomic E-state index is 15.0. The van der Waals surface area contributed by atoms with E-state index in [9.17, 15) is 8.78 Å². The lowest BCUT2D eigenvalue weighted by atomic mass is 9.81. The number of ether oxygens (including phenoxy) is 1. The van der Waals surface area contributed by atoms with Crippen molar-refractivity contribution in [3.63, 3.8) is 0 Å². The molecule has 1 heterocycles. The Morgan fingerprint density at radius 3 is 1.82 bits per heavy atom. The van der Waals surface area contributed by atoms with Gasteiger partial charge in [0.25, 0.3) is 0 Å². The van der Waals surface area contributed by atoms with Gasteiger partial charge in [0.05, 0.1) is 12.3 Å². The summed E-state index contributed by atoms with van der Waals surface area (Å²) < 4.78 is 35.5. The molecule has 1 saturated heterocycles. The van der Waals surface area contributed by atoms with E-state index in [-0.39, 0.29) is 12.1 Å². The number of nitrogens with one attached hydrogen (secondary N) is 2. The van der Waals surface area contributed by atoms with E-state index in [4.69, 9.17) is 4.74 Å². The second-order valence-corrected chi connectivity index (χ2v) is 10.7. The number of rotatable bonds is 18. The molecule has 3 nitrogen and oxygen atoms in total. The van der Waals surface area contributed by atoms with Crippen LogP contribution in [0.4, 0.5) is 8.78 Å². The number of halogens is 2. The first-order valence-electron chi connectivity index (χ1n) is 14.5. The van der Waals surface area contributed by atoms with Gasteiger partial charge >= 0.3 is 0 Å². The van der Waals surface area contributed by atoms with Gasteiger partial charge in [-0.3, -0.25) is 0 Å². The predicted molar refractivity (Wildman–Crippen MR) is 136 cm³/mol. The largest absolute Gasteiger partial charge is 0.375 e. The molecule has 0 spiro atoms. The Labute approximate surface area is 203 Å². The molecule has 0 aromatic carbocycles. The molecule has 0 amide bonds. The summed E-state index contributed by atoms with van der Waals surface area (Å²) in [4.78, 5) is 0. The minimum absolute atomic E-state index is 0.104. The van der Waals surface area contributed by atoms with Crippen molar-refractivity contribution in [2.75, 3.05) is 19.7 Å².